The molecule has 0 aromatic rings. The normalized spacial score (nSPS) is 34.7. The SMILES string of the molecule is O=C(C1CCCCC1)N1CCC2NCCCC21. The van der Waals surface area contributed by atoms with Gasteiger partial charge in [-0.05, 0) is 38.6 Å². The van der Waals surface area contributed by atoms with Gasteiger partial charge >= 0.3 is 0 Å². The van der Waals surface area contributed by atoms with Crippen LogP contribution >= 0.6 is 0 Å². The Hall–Kier alpha value is -0.570. The summed E-state index contributed by atoms with van der Waals surface area (Å²) in [6.07, 6.45) is 9.75. The van der Waals surface area contributed by atoms with Gasteiger partial charge in [0.25, 0.3) is 0 Å². The highest BCUT2D eigenvalue weighted by atomic mass is 16.2. The molecular weight excluding hydrogens is 212 g/mol. The molecule has 0 spiro atoms. The molecule has 0 bridgehead atoms. The highest BCUT2D eigenvalue weighted by molar-refractivity contribution is 5.79. The number of hydrogen-bond donors (Lipinski definition) is 1. The number of carbonyl (C=O) groups excluding carboxylic acids is 1. The van der Waals surface area contributed by atoms with Gasteiger partial charge < -0.3 is 10.2 Å². The molecule has 3 rings (SSSR count). The average molecular weight is 236 g/mol. The second-order valence-electron chi connectivity index (χ2n) is 5.93. The van der Waals surface area contributed by atoms with Crippen LogP contribution in [0.15, 0.2) is 0 Å². The minimum Gasteiger partial charge on any atom is -0.338 e. The predicted molar refractivity (Wildman–Crippen MR) is 67.7 cm³/mol. The van der Waals surface area contributed by atoms with Crippen molar-refractivity contribution in [3.8, 4) is 0 Å². The molecular formula is C14H24N2O. The summed E-state index contributed by atoms with van der Waals surface area (Å²) in [5.41, 5.74) is 0. The van der Waals surface area contributed by atoms with Gasteiger partial charge in [0.15, 0.2) is 0 Å². The van der Waals surface area contributed by atoms with E-state index in [1.165, 1.54) is 38.5 Å². The van der Waals surface area contributed by atoms with E-state index in [1.807, 2.05) is 0 Å². The van der Waals surface area contributed by atoms with Gasteiger partial charge in [-0.3, -0.25) is 4.79 Å². The lowest BCUT2D eigenvalue weighted by atomic mass is 9.87. The third-order valence-corrected chi connectivity index (χ3v) is 4.87. The maximum Gasteiger partial charge on any atom is 0.225 e. The Morgan fingerprint density at radius 1 is 1.00 bits per heavy atom. The Morgan fingerprint density at radius 2 is 1.82 bits per heavy atom. The highest BCUT2D eigenvalue weighted by Crippen LogP contribution is 2.31. The van der Waals surface area contributed by atoms with E-state index in [-0.39, 0.29) is 0 Å². The van der Waals surface area contributed by atoms with Crippen LogP contribution in [0.4, 0.5) is 0 Å². The zero-order chi connectivity index (χ0) is 11.7. The molecule has 2 heterocycles. The van der Waals surface area contributed by atoms with Crippen molar-refractivity contribution in [3.05, 3.63) is 0 Å². The Labute approximate surface area is 104 Å². The van der Waals surface area contributed by atoms with E-state index in [2.05, 4.69) is 10.2 Å². The van der Waals surface area contributed by atoms with E-state index >= 15 is 0 Å². The first-order valence-electron chi connectivity index (χ1n) is 7.40. The van der Waals surface area contributed by atoms with E-state index in [4.69, 9.17) is 0 Å². The molecule has 2 saturated heterocycles. The van der Waals surface area contributed by atoms with Crippen molar-refractivity contribution in [2.24, 2.45) is 5.92 Å². The van der Waals surface area contributed by atoms with Crippen molar-refractivity contribution in [1.29, 1.82) is 0 Å². The molecule has 0 radical (unpaired) electrons. The van der Waals surface area contributed by atoms with E-state index in [1.54, 1.807) is 0 Å². The third kappa shape index (κ3) is 2.22. The van der Waals surface area contributed by atoms with E-state index in [0.29, 0.717) is 23.9 Å². The highest BCUT2D eigenvalue weighted by Gasteiger charge is 2.40. The zero-order valence-corrected chi connectivity index (χ0v) is 10.7. The number of piperidine rings is 1. The van der Waals surface area contributed by atoms with Crippen LogP contribution in [0.5, 0.6) is 0 Å². The van der Waals surface area contributed by atoms with Crippen LogP contribution in [-0.4, -0.2) is 36.0 Å². The largest absolute Gasteiger partial charge is 0.338 e. The fourth-order valence-corrected chi connectivity index (χ4v) is 3.91. The molecule has 3 aliphatic rings. The molecule has 0 aromatic heterocycles. The van der Waals surface area contributed by atoms with Crippen LogP contribution in [0.1, 0.15) is 51.4 Å². The lowest BCUT2D eigenvalue weighted by Crippen LogP contribution is -2.50. The van der Waals surface area contributed by atoms with Gasteiger partial charge in [-0.25, -0.2) is 0 Å². The molecule has 1 saturated carbocycles. The first-order chi connectivity index (χ1) is 8.36. The maximum absolute atomic E-state index is 12.6. The van der Waals surface area contributed by atoms with Crippen molar-refractivity contribution < 1.29 is 4.79 Å². The number of fused-ring (bicyclic) bond motifs is 1. The van der Waals surface area contributed by atoms with Crippen molar-refractivity contribution >= 4 is 5.91 Å². The molecule has 17 heavy (non-hydrogen) atoms. The van der Waals surface area contributed by atoms with Crippen molar-refractivity contribution in [2.45, 2.75) is 63.5 Å². The Morgan fingerprint density at radius 3 is 2.65 bits per heavy atom. The number of likely N-dealkylation sites (tertiary alicyclic amines) is 1. The van der Waals surface area contributed by atoms with Crippen LogP contribution in [0.3, 0.4) is 0 Å². The summed E-state index contributed by atoms with van der Waals surface area (Å²) < 4.78 is 0. The monoisotopic (exact) mass is 236 g/mol. The molecule has 0 aromatic carbocycles. The lowest BCUT2D eigenvalue weighted by molar-refractivity contribution is -0.137. The summed E-state index contributed by atoms with van der Waals surface area (Å²) in [6.45, 7) is 2.14. The lowest BCUT2D eigenvalue weighted by Gasteiger charge is -2.35. The summed E-state index contributed by atoms with van der Waals surface area (Å²) in [6, 6.07) is 1.11. The van der Waals surface area contributed by atoms with Gasteiger partial charge in [0, 0.05) is 24.5 Å². The smallest absolute Gasteiger partial charge is 0.225 e. The van der Waals surface area contributed by atoms with E-state index in [0.717, 1.165) is 25.9 Å². The number of hydrogen-bond acceptors (Lipinski definition) is 2. The molecule has 2 aliphatic heterocycles. The summed E-state index contributed by atoms with van der Waals surface area (Å²) >= 11 is 0. The zero-order valence-electron chi connectivity index (χ0n) is 10.7. The second kappa shape index (κ2) is 4.97. The first-order valence-corrected chi connectivity index (χ1v) is 7.40. The number of amides is 1. The topological polar surface area (TPSA) is 32.3 Å². The Balaban J connectivity index is 1.65. The summed E-state index contributed by atoms with van der Waals surface area (Å²) in [4.78, 5) is 14.8. The van der Waals surface area contributed by atoms with Crippen LogP contribution in [0, 0.1) is 5.92 Å². The summed E-state index contributed by atoms with van der Waals surface area (Å²) in [7, 11) is 0. The Kier molecular flexibility index (Phi) is 3.37. The van der Waals surface area contributed by atoms with Crippen LogP contribution in [0.2, 0.25) is 0 Å². The minimum atomic E-state index is 0.351. The van der Waals surface area contributed by atoms with Crippen molar-refractivity contribution in [3.63, 3.8) is 0 Å². The second-order valence-corrected chi connectivity index (χ2v) is 5.93. The van der Waals surface area contributed by atoms with Crippen LogP contribution in [0.25, 0.3) is 0 Å². The van der Waals surface area contributed by atoms with Gasteiger partial charge in [0.05, 0.1) is 0 Å². The number of rotatable bonds is 1. The molecule has 3 nitrogen and oxygen atoms in total. The van der Waals surface area contributed by atoms with E-state index in [9.17, 15) is 4.79 Å². The number of carbonyl (C=O) groups is 1. The minimum absolute atomic E-state index is 0.351. The number of nitrogens with zero attached hydrogens (tertiary/aromatic N) is 1. The molecule has 1 N–H and O–H groups in total. The van der Waals surface area contributed by atoms with Crippen LogP contribution < -0.4 is 5.32 Å². The Bertz CT molecular complexity index is 286. The maximum atomic E-state index is 12.6. The van der Waals surface area contributed by atoms with Gasteiger partial charge in [-0.2, -0.15) is 0 Å². The molecule has 3 heteroatoms. The molecule has 1 amide bonds. The summed E-state index contributed by atoms with van der Waals surface area (Å²) in [5.74, 6) is 0.824. The van der Waals surface area contributed by atoms with Crippen molar-refractivity contribution in [1.82, 2.24) is 10.2 Å². The van der Waals surface area contributed by atoms with Gasteiger partial charge in [0.2, 0.25) is 5.91 Å². The fraction of sp³-hybridized carbons (Fsp3) is 0.929. The van der Waals surface area contributed by atoms with Gasteiger partial charge in [0.1, 0.15) is 0 Å². The number of nitrogens with one attached hydrogen (secondary N) is 1. The molecule has 2 atom stereocenters. The van der Waals surface area contributed by atoms with Crippen molar-refractivity contribution in [2.75, 3.05) is 13.1 Å². The molecule has 3 fully saturated rings. The summed E-state index contributed by atoms with van der Waals surface area (Å²) in [5, 5.41) is 3.57. The van der Waals surface area contributed by atoms with Gasteiger partial charge in [-0.15, -0.1) is 0 Å². The molecule has 96 valence electrons. The average Bonchev–Trinajstić information content (AvgIpc) is 2.83. The van der Waals surface area contributed by atoms with Crippen LogP contribution in [-0.2, 0) is 4.79 Å². The first kappa shape index (κ1) is 11.5. The fourth-order valence-electron chi connectivity index (χ4n) is 3.91. The third-order valence-electron chi connectivity index (χ3n) is 4.87. The molecule has 2 unspecified atom stereocenters. The quantitative estimate of drug-likeness (QED) is 0.754. The molecule has 1 aliphatic carbocycles. The standard InChI is InChI=1S/C14H24N2O/c17-14(11-5-2-1-3-6-11)16-10-8-12-13(16)7-4-9-15-12/h11-13,15H,1-10H2. The van der Waals surface area contributed by atoms with E-state index < -0.39 is 0 Å². The predicted octanol–water partition coefficient (Wildman–Crippen LogP) is 1.92. The van der Waals surface area contributed by atoms with Gasteiger partial charge in [-0.1, -0.05) is 19.3 Å².